The number of aryl methyl sites for hydroxylation is 2. The maximum Gasteiger partial charge on any atom is 0.335 e. The van der Waals surface area contributed by atoms with Gasteiger partial charge in [0.05, 0.1) is 5.56 Å². The molecule has 0 aromatic heterocycles. The molecule has 0 heterocycles. The van der Waals surface area contributed by atoms with E-state index in [1.165, 1.54) is 18.2 Å². The standard InChI is InChI=1S/C15H12O5/c16-10-4-8-2-1-7-3-9(15(19)20)5-11(17)13(7)14(8)12(18)6-10/h3-6,16-18H,1-2H2,(H,19,20). The summed E-state index contributed by atoms with van der Waals surface area (Å²) in [6, 6.07) is 5.43. The average Bonchev–Trinajstić information content (AvgIpc) is 2.37. The third-order valence-electron chi connectivity index (χ3n) is 3.54. The highest BCUT2D eigenvalue weighted by Crippen LogP contribution is 2.46. The highest BCUT2D eigenvalue weighted by atomic mass is 16.4. The van der Waals surface area contributed by atoms with Crippen molar-refractivity contribution in [2.45, 2.75) is 12.8 Å². The molecule has 5 nitrogen and oxygen atoms in total. The summed E-state index contributed by atoms with van der Waals surface area (Å²) in [5.74, 6) is -1.45. The van der Waals surface area contributed by atoms with Gasteiger partial charge in [0.1, 0.15) is 17.2 Å². The summed E-state index contributed by atoms with van der Waals surface area (Å²) in [4.78, 5) is 11.0. The fourth-order valence-electron chi connectivity index (χ4n) is 2.72. The number of carboxylic acids is 1. The Hall–Kier alpha value is -2.69. The molecule has 0 bridgehead atoms. The number of aromatic carboxylic acids is 1. The fraction of sp³-hybridized carbons (Fsp3) is 0.133. The molecule has 0 aliphatic heterocycles. The number of carboxylic acid groups (broad SMARTS) is 1. The Morgan fingerprint density at radius 2 is 1.40 bits per heavy atom. The molecule has 20 heavy (non-hydrogen) atoms. The summed E-state index contributed by atoms with van der Waals surface area (Å²) in [7, 11) is 0. The van der Waals surface area contributed by atoms with Crippen LogP contribution in [0.15, 0.2) is 24.3 Å². The first kappa shape index (κ1) is 12.3. The van der Waals surface area contributed by atoms with E-state index in [0.717, 1.165) is 5.56 Å². The first-order chi connectivity index (χ1) is 9.47. The van der Waals surface area contributed by atoms with Gasteiger partial charge in [0.25, 0.3) is 0 Å². The second-order valence-electron chi connectivity index (χ2n) is 4.83. The summed E-state index contributed by atoms with van der Waals surface area (Å²) >= 11 is 0. The Morgan fingerprint density at radius 1 is 0.850 bits per heavy atom. The molecular weight excluding hydrogens is 260 g/mol. The third kappa shape index (κ3) is 1.75. The molecule has 5 heteroatoms. The van der Waals surface area contributed by atoms with Crippen molar-refractivity contribution in [3.63, 3.8) is 0 Å². The zero-order chi connectivity index (χ0) is 14.4. The zero-order valence-electron chi connectivity index (χ0n) is 10.4. The minimum Gasteiger partial charge on any atom is -0.508 e. The van der Waals surface area contributed by atoms with E-state index in [1.54, 1.807) is 6.07 Å². The van der Waals surface area contributed by atoms with Crippen LogP contribution in [0.25, 0.3) is 11.1 Å². The van der Waals surface area contributed by atoms with E-state index in [-0.39, 0.29) is 22.8 Å². The van der Waals surface area contributed by atoms with Crippen LogP contribution in [0.1, 0.15) is 21.5 Å². The van der Waals surface area contributed by atoms with Crippen molar-refractivity contribution in [2.24, 2.45) is 0 Å². The monoisotopic (exact) mass is 272 g/mol. The fourth-order valence-corrected chi connectivity index (χ4v) is 2.72. The number of rotatable bonds is 1. The zero-order valence-corrected chi connectivity index (χ0v) is 10.4. The summed E-state index contributed by atoms with van der Waals surface area (Å²) in [6.45, 7) is 0. The van der Waals surface area contributed by atoms with E-state index in [4.69, 9.17) is 5.11 Å². The summed E-state index contributed by atoms with van der Waals surface area (Å²) in [6.07, 6.45) is 1.10. The van der Waals surface area contributed by atoms with Crippen molar-refractivity contribution in [2.75, 3.05) is 0 Å². The van der Waals surface area contributed by atoms with E-state index < -0.39 is 5.97 Å². The van der Waals surface area contributed by atoms with Crippen molar-refractivity contribution >= 4 is 5.97 Å². The van der Waals surface area contributed by atoms with Crippen LogP contribution in [0.4, 0.5) is 0 Å². The number of carbonyl (C=O) groups is 1. The topological polar surface area (TPSA) is 98.0 Å². The number of phenolic OH excluding ortho intramolecular Hbond substituents is 3. The van der Waals surface area contributed by atoms with Gasteiger partial charge in [-0.25, -0.2) is 4.79 Å². The quantitative estimate of drug-likeness (QED) is 0.638. The highest BCUT2D eigenvalue weighted by molar-refractivity contribution is 5.92. The molecule has 4 N–H and O–H groups in total. The number of phenols is 3. The Labute approximate surface area is 114 Å². The average molecular weight is 272 g/mol. The van der Waals surface area contributed by atoms with E-state index in [1.807, 2.05) is 0 Å². The van der Waals surface area contributed by atoms with Crippen LogP contribution < -0.4 is 0 Å². The minimum atomic E-state index is -1.11. The van der Waals surface area contributed by atoms with Crippen molar-refractivity contribution in [3.05, 3.63) is 41.0 Å². The molecular formula is C15H12O5. The van der Waals surface area contributed by atoms with Gasteiger partial charge in [0.2, 0.25) is 0 Å². The van der Waals surface area contributed by atoms with Gasteiger partial charge in [-0.2, -0.15) is 0 Å². The molecule has 2 aromatic carbocycles. The van der Waals surface area contributed by atoms with Gasteiger partial charge in [-0.05, 0) is 42.2 Å². The van der Waals surface area contributed by atoms with Crippen molar-refractivity contribution in [3.8, 4) is 28.4 Å². The first-order valence-corrected chi connectivity index (χ1v) is 6.12. The van der Waals surface area contributed by atoms with Crippen molar-refractivity contribution in [1.82, 2.24) is 0 Å². The molecule has 0 saturated carbocycles. The van der Waals surface area contributed by atoms with Crippen LogP contribution in [0.3, 0.4) is 0 Å². The van der Waals surface area contributed by atoms with Gasteiger partial charge < -0.3 is 20.4 Å². The van der Waals surface area contributed by atoms with Gasteiger partial charge >= 0.3 is 5.97 Å². The van der Waals surface area contributed by atoms with Gasteiger partial charge in [0.15, 0.2) is 0 Å². The van der Waals surface area contributed by atoms with E-state index in [9.17, 15) is 20.1 Å². The summed E-state index contributed by atoms with van der Waals surface area (Å²) < 4.78 is 0. The number of aromatic hydroxyl groups is 3. The van der Waals surface area contributed by atoms with Crippen LogP contribution in [-0.2, 0) is 12.8 Å². The summed E-state index contributed by atoms with van der Waals surface area (Å²) in [5, 5.41) is 38.6. The van der Waals surface area contributed by atoms with E-state index in [2.05, 4.69) is 0 Å². The third-order valence-corrected chi connectivity index (χ3v) is 3.54. The summed E-state index contributed by atoms with van der Waals surface area (Å²) in [5.41, 5.74) is 2.32. The lowest BCUT2D eigenvalue weighted by atomic mass is 9.83. The van der Waals surface area contributed by atoms with Gasteiger partial charge in [-0.3, -0.25) is 0 Å². The Bertz CT molecular complexity index is 734. The second-order valence-corrected chi connectivity index (χ2v) is 4.83. The lowest BCUT2D eigenvalue weighted by Crippen LogP contribution is -2.07. The first-order valence-electron chi connectivity index (χ1n) is 6.12. The molecule has 0 atom stereocenters. The van der Waals surface area contributed by atoms with Crippen LogP contribution in [0.5, 0.6) is 17.2 Å². The molecule has 0 unspecified atom stereocenters. The molecule has 0 spiro atoms. The van der Waals surface area contributed by atoms with Gasteiger partial charge in [-0.1, -0.05) is 0 Å². The molecule has 2 aromatic rings. The van der Waals surface area contributed by atoms with Gasteiger partial charge in [-0.15, -0.1) is 0 Å². The SMILES string of the molecule is O=C(O)c1cc(O)c2c(c1)CCc1cc(O)cc(O)c1-2. The number of hydrogen-bond donors (Lipinski definition) is 4. The lowest BCUT2D eigenvalue weighted by Gasteiger charge is -2.22. The van der Waals surface area contributed by atoms with Crippen LogP contribution in [-0.4, -0.2) is 26.4 Å². The molecule has 0 saturated heterocycles. The molecule has 0 fully saturated rings. The van der Waals surface area contributed by atoms with E-state index >= 15 is 0 Å². The number of hydrogen-bond acceptors (Lipinski definition) is 4. The molecule has 3 rings (SSSR count). The largest absolute Gasteiger partial charge is 0.508 e. The molecule has 1 aliphatic carbocycles. The molecule has 1 aliphatic rings. The van der Waals surface area contributed by atoms with Crippen molar-refractivity contribution < 1.29 is 25.2 Å². The molecule has 0 radical (unpaired) electrons. The molecule has 0 amide bonds. The van der Waals surface area contributed by atoms with Gasteiger partial charge in [0, 0.05) is 17.2 Å². The Balaban J connectivity index is 2.30. The lowest BCUT2D eigenvalue weighted by molar-refractivity contribution is 0.0696. The molecule has 102 valence electrons. The predicted octanol–water partition coefficient (Wildman–Crippen LogP) is 2.27. The maximum atomic E-state index is 11.0. The normalized spacial score (nSPS) is 12.6. The van der Waals surface area contributed by atoms with E-state index in [0.29, 0.717) is 29.5 Å². The van der Waals surface area contributed by atoms with Crippen LogP contribution in [0.2, 0.25) is 0 Å². The van der Waals surface area contributed by atoms with Crippen LogP contribution >= 0.6 is 0 Å². The second kappa shape index (κ2) is 4.16. The number of benzene rings is 2. The minimum absolute atomic E-state index is 0.0166. The maximum absolute atomic E-state index is 11.0. The highest BCUT2D eigenvalue weighted by Gasteiger charge is 2.24. The predicted molar refractivity (Wildman–Crippen MR) is 71.2 cm³/mol. The Morgan fingerprint density at radius 3 is 2.00 bits per heavy atom. The number of fused-ring (bicyclic) bond motifs is 3. The Kier molecular flexibility index (Phi) is 2.57. The smallest absolute Gasteiger partial charge is 0.335 e. The van der Waals surface area contributed by atoms with Crippen molar-refractivity contribution in [1.29, 1.82) is 0 Å². The van der Waals surface area contributed by atoms with Crippen LogP contribution in [0, 0.1) is 0 Å².